The number of rotatable bonds is 2. The van der Waals surface area contributed by atoms with Gasteiger partial charge in [0.1, 0.15) is 18.5 Å². The summed E-state index contributed by atoms with van der Waals surface area (Å²) in [6.45, 7) is 8.52. The lowest BCUT2D eigenvalue weighted by Crippen LogP contribution is -2.54. The highest BCUT2D eigenvalue weighted by molar-refractivity contribution is 5.83. The number of anilines is 1. The number of allylic oxidation sites excluding steroid dienone is 1. The van der Waals surface area contributed by atoms with Crippen molar-refractivity contribution in [2.45, 2.75) is 44.4 Å². The molecule has 1 saturated heterocycles. The van der Waals surface area contributed by atoms with Gasteiger partial charge < -0.3 is 10.2 Å². The fourth-order valence-electron chi connectivity index (χ4n) is 6.02. The molecule has 2 aromatic carbocycles. The van der Waals surface area contributed by atoms with Gasteiger partial charge in [0, 0.05) is 11.1 Å². The second-order valence-corrected chi connectivity index (χ2v) is 9.39. The van der Waals surface area contributed by atoms with E-state index in [4.69, 9.17) is 4.98 Å². The normalized spacial score (nSPS) is 26.1. The second-order valence-electron chi connectivity index (χ2n) is 9.39. The molecule has 6 heteroatoms. The maximum Gasteiger partial charge on any atom is 0.261 e. The van der Waals surface area contributed by atoms with Crippen LogP contribution in [0.2, 0.25) is 0 Å². The third-order valence-corrected chi connectivity index (χ3v) is 7.73. The standard InChI is InChI=1S/C25H24N4O2/c1-4-24(2,3)25-13-19-21-26-17-11-7-5-9-15(17)22(31)28(21)14-20(30)29(19)23(25)27-18-12-8-6-10-16(18)25/h4-12,19,23,27H,1,13-14H2,2-3H3/t19-,23-,25+/m0/s1. The van der Waals surface area contributed by atoms with Crippen molar-refractivity contribution in [2.75, 3.05) is 5.32 Å². The minimum absolute atomic E-state index is 0.0155. The summed E-state index contributed by atoms with van der Waals surface area (Å²) in [5.41, 5.74) is 2.12. The van der Waals surface area contributed by atoms with Crippen LogP contribution in [0.3, 0.4) is 0 Å². The molecule has 1 aromatic heterocycles. The fourth-order valence-corrected chi connectivity index (χ4v) is 6.02. The molecule has 6 rings (SSSR count). The van der Waals surface area contributed by atoms with Crippen molar-refractivity contribution in [3.05, 3.63) is 82.9 Å². The van der Waals surface area contributed by atoms with Crippen LogP contribution in [0.1, 0.15) is 37.7 Å². The van der Waals surface area contributed by atoms with Gasteiger partial charge >= 0.3 is 0 Å². The summed E-state index contributed by atoms with van der Waals surface area (Å²) in [7, 11) is 0. The molecule has 0 saturated carbocycles. The van der Waals surface area contributed by atoms with E-state index in [0.717, 1.165) is 5.69 Å². The van der Waals surface area contributed by atoms with Crippen LogP contribution in [-0.2, 0) is 16.8 Å². The Kier molecular flexibility index (Phi) is 3.46. The van der Waals surface area contributed by atoms with Crippen LogP contribution in [0.5, 0.6) is 0 Å². The first-order valence-corrected chi connectivity index (χ1v) is 10.7. The Morgan fingerprint density at radius 1 is 1.16 bits per heavy atom. The molecule has 0 unspecified atom stereocenters. The van der Waals surface area contributed by atoms with Crippen molar-refractivity contribution in [1.29, 1.82) is 0 Å². The number of fused-ring (bicyclic) bond motifs is 8. The third kappa shape index (κ3) is 2.10. The number of nitrogens with one attached hydrogen (secondary N) is 1. The Morgan fingerprint density at radius 3 is 2.71 bits per heavy atom. The smallest absolute Gasteiger partial charge is 0.261 e. The molecule has 0 radical (unpaired) electrons. The van der Waals surface area contributed by atoms with Crippen LogP contribution in [0, 0.1) is 5.41 Å². The summed E-state index contributed by atoms with van der Waals surface area (Å²) in [5.74, 6) is 0.625. The molecular weight excluding hydrogens is 388 g/mol. The number of hydrogen-bond acceptors (Lipinski definition) is 4. The molecule has 0 bridgehead atoms. The van der Waals surface area contributed by atoms with Crippen molar-refractivity contribution < 1.29 is 4.79 Å². The van der Waals surface area contributed by atoms with E-state index in [2.05, 4.69) is 37.9 Å². The number of aromatic nitrogens is 2. The molecule has 0 aliphatic carbocycles. The maximum absolute atomic E-state index is 13.5. The minimum Gasteiger partial charge on any atom is -0.364 e. The molecule has 156 valence electrons. The van der Waals surface area contributed by atoms with E-state index in [9.17, 15) is 9.59 Å². The largest absolute Gasteiger partial charge is 0.364 e. The Bertz CT molecular complexity index is 1340. The van der Waals surface area contributed by atoms with E-state index in [1.165, 1.54) is 5.56 Å². The third-order valence-electron chi connectivity index (χ3n) is 7.73. The van der Waals surface area contributed by atoms with Gasteiger partial charge in [-0.1, -0.05) is 50.3 Å². The van der Waals surface area contributed by atoms with Gasteiger partial charge in [-0.05, 0) is 35.6 Å². The molecular formula is C25H24N4O2. The van der Waals surface area contributed by atoms with Gasteiger partial charge in [0.05, 0.1) is 16.9 Å². The molecule has 31 heavy (non-hydrogen) atoms. The Hall–Kier alpha value is -3.41. The highest BCUT2D eigenvalue weighted by Crippen LogP contribution is 2.63. The molecule has 3 atom stereocenters. The number of carbonyl (C=O) groups is 1. The highest BCUT2D eigenvalue weighted by atomic mass is 16.2. The summed E-state index contributed by atoms with van der Waals surface area (Å²) in [5, 5.41) is 4.18. The predicted octanol–water partition coefficient (Wildman–Crippen LogP) is 3.59. The zero-order chi connectivity index (χ0) is 21.5. The quantitative estimate of drug-likeness (QED) is 0.654. The number of nitrogens with zero attached hydrogens (tertiary/aromatic N) is 3. The zero-order valence-electron chi connectivity index (χ0n) is 17.6. The molecule has 1 fully saturated rings. The van der Waals surface area contributed by atoms with Gasteiger partial charge in [-0.25, -0.2) is 4.98 Å². The number of benzene rings is 2. The molecule has 3 aliphatic heterocycles. The van der Waals surface area contributed by atoms with Crippen molar-refractivity contribution in [2.24, 2.45) is 5.41 Å². The van der Waals surface area contributed by atoms with E-state index in [-0.39, 0.29) is 41.0 Å². The molecule has 1 N–H and O–H groups in total. The summed E-state index contributed by atoms with van der Waals surface area (Å²) in [6.07, 6.45) is 2.46. The highest BCUT2D eigenvalue weighted by Gasteiger charge is 2.65. The van der Waals surface area contributed by atoms with E-state index in [1.807, 2.05) is 41.3 Å². The van der Waals surface area contributed by atoms with Crippen molar-refractivity contribution in [3.8, 4) is 0 Å². The van der Waals surface area contributed by atoms with Gasteiger partial charge in [-0.15, -0.1) is 6.58 Å². The van der Waals surface area contributed by atoms with Gasteiger partial charge in [-0.3, -0.25) is 14.2 Å². The molecule has 4 heterocycles. The lowest BCUT2D eigenvalue weighted by molar-refractivity contribution is -0.137. The first-order chi connectivity index (χ1) is 14.9. The van der Waals surface area contributed by atoms with Crippen LogP contribution >= 0.6 is 0 Å². The van der Waals surface area contributed by atoms with Crippen molar-refractivity contribution in [1.82, 2.24) is 14.5 Å². The monoisotopic (exact) mass is 412 g/mol. The molecule has 3 aliphatic rings. The SMILES string of the molecule is C=CC(C)(C)[C@@]12C[C@H]3c4nc5ccccc5c(=O)n4CC(=O)N3[C@@H]1Nc1ccccc12. The summed E-state index contributed by atoms with van der Waals surface area (Å²) >= 11 is 0. The average molecular weight is 412 g/mol. The van der Waals surface area contributed by atoms with Gasteiger partial charge in [0.2, 0.25) is 5.91 Å². The molecule has 6 nitrogen and oxygen atoms in total. The Morgan fingerprint density at radius 2 is 1.90 bits per heavy atom. The van der Waals surface area contributed by atoms with E-state index in [0.29, 0.717) is 23.1 Å². The second kappa shape index (κ2) is 5.84. The number of para-hydroxylation sites is 2. The topological polar surface area (TPSA) is 67.2 Å². The van der Waals surface area contributed by atoms with Gasteiger partial charge in [-0.2, -0.15) is 0 Å². The number of hydrogen-bond donors (Lipinski definition) is 1. The van der Waals surface area contributed by atoms with E-state index in [1.54, 1.807) is 10.6 Å². The lowest BCUT2D eigenvalue weighted by Gasteiger charge is -2.43. The molecule has 3 aromatic rings. The van der Waals surface area contributed by atoms with Crippen LogP contribution in [0.4, 0.5) is 5.69 Å². The van der Waals surface area contributed by atoms with Crippen molar-refractivity contribution >= 4 is 22.5 Å². The Labute approximate surface area is 180 Å². The predicted molar refractivity (Wildman–Crippen MR) is 120 cm³/mol. The van der Waals surface area contributed by atoms with Crippen LogP contribution in [0.15, 0.2) is 66.0 Å². The number of carbonyl (C=O) groups excluding carboxylic acids is 1. The summed E-state index contributed by atoms with van der Waals surface area (Å²) in [4.78, 5) is 33.5. The van der Waals surface area contributed by atoms with E-state index < -0.39 is 0 Å². The van der Waals surface area contributed by atoms with Crippen LogP contribution in [-0.4, -0.2) is 26.5 Å². The lowest BCUT2D eigenvalue weighted by atomic mass is 9.60. The first-order valence-electron chi connectivity index (χ1n) is 10.7. The zero-order valence-corrected chi connectivity index (χ0v) is 17.6. The fraction of sp³-hybridized carbons (Fsp3) is 0.320. The maximum atomic E-state index is 13.5. The number of amides is 1. The van der Waals surface area contributed by atoms with Crippen LogP contribution < -0.4 is 10.9 Å². The minimum atomic E-state index is -0.371. The van der Waals surface area contributed by atoms with Gasteiger partial charge in [0.15, 0.2) is 0 Å². The first kappa shape index (κ1) is 18.4. The summed E-state index contributed by atoms with van der Waals surface area (Å²) < 4.78 is 1.58. The van der Waals surface area contributed by atoms with Crippen LogP contribution in [0.25, 0.3) is 10.9 Å². The molecule has 0 spiro atoms. The average Bonchev–Trinajstić information content (AvgIpc) is 3.28. The van der Waals surface area contributed by atoms with E-state index >= 15 is 0 Å². The molecule has 1 amide bonds. The Balaban J connectivity index is 1.62. The van der Waals surface area contributed by atoms with Crippen molar-refractivity contribution in [3.63, 3.8) is 0 Å². The summed E-state index contributed by atoms with van der Waals surface area (Å²) in [6, 6.07) is 15.4. The van der Waals surface area contributed by atoms with Gasteiger partial charge in [0.25, 0.3) is 5.56 Å².